The van der Waals surface area contributed by atoms with Crippen LogP contribution < -0.4 is 0 Å². The van der Waals surface area contributed by atoms with Gasteiger partial charge < -0.3 is 0 Å². The minimum absolute atomic E-state index is 0. The van der Waals surface area contributed by atoms with Crippen molar-refractivity contribution >= 4 is 69.6 Å². The molecule has 1 fully saturated rings. The second kappa shape index (κ2) is 40.1. The zero-order valence-electron chi connectivity index (χ0n) is 32.5. The normalized spacial score (nSPS) is 15.1. The van der Waals surface area contributed by atoms with Gasteiger partial charge in [-0.2, -0.15) is 17.7 Å². The van der Waals surface area contributed by atoms with E-state index in [4.69, 9.17) is 13.4 Å². The maximum absolute atomic E-state index is 11.3. The smallest absolute Gasteiger partial charge is 0.277 e. The van der Waals surface area contributed by atoms with Crippen LogP contribution in [0.25, 0.3) is 0 Å². The number of nitrogens with zero attached hydrogens (tertiary/aromatic N) is 2. The second-order valence-electron chi connectivity index (χ2n) is 12.0. The molecule has 8 nitrogen and oxygen atoms in total. The summed E-state index contributed by atoms with van der Waals surface area (Å²) in [7, 11) is 4.18. The van der Waals surface area contributed by atoms with Crippen LogP contribution in [0.15, 0.2) is 12.2 Å². The molecule has 2 N–H and O–H groups in total. The number of imide groups is 2. The molecule has 0 aliphatic carbocycles. The number of thiol groups is 1. The van der Waals surface area contributed by atoms with Gasteiger partial charge in [0.1, 0.15) is 0 Å². The molecule has 2 aliphatic rings. The van der Waals surface area contributed by atoms with E-state index in [-0.39, 0.29) is 30.7 Å². The van der Waals surface area contributed by atoms with Crippen molar-refractivity contribution in [3.8, 4) is 0 Å². The maximum Gasteiger partial charge on any atom is 0.277 e. The zero-order valence-corrected chi connectivity index (χ0v) is 33.8. The molecule has 12 heteroatoms. The standard InChI is InChI=1S/C14H30S2.C11H19NO3S.C7H16S.C4H3NO3.CH4.2H2/c1-3-5-7-9-11-13-15-16-14-12-10-8-6-4-2;1-2-3-4-5-6-7-16-9-8-10(13)12(15)11(9)14;1-2-3-4-5-6-7-8;6-3-1-2-4(7)5(3)8;;;/h3-14H2,1-2H3;9,15H,2-8H2,1H3;8H,2-7H2,1H3;1-2,8H;1H4;2*1H/i;;;;;1+2D;1+2. The number of thioether (sulfide) groups is 1. The molecule has 0 spiro atoms. The number of amides is 4. The van der Waals surface area contributed by atoms with Crippen molar-refractivity contribution in [2.24, 2.45) is 0 Å². The molecule has 1 unspecified atom stereocenters. The Bertz CT molecular complexity index is 813. The number of carbonyl (C=O) groups excluding carboxylic acids is 4. The van der Waals surface area contributed by atoms with E-state index in [1.54, 1.807) is 0 Å². The largest absolute Gasteiger partial charge is 0.278 e. The van der Waals surface area contributed by atoms with Crippen molar-refractivity contribution in [1.29, 1.82) is 0 Å². The number of hydrogen-bond donors (Lipinski definition) is 3. The van der Waals surface area contributed by atoms with Crippen molar-refractivity contribution < 1.29 is 34.0 Å². The van der Waals surface area contributed by atoms with Gasteiger partial charge in [-0.1, -0.05) is 159 Å². The quantitative estimate of drug-likeness (QED) is 0.0274. The van der Waals surface area contributed by atoms with Gasteiger partial charge in [-0.05, 0) is 37.2 Å². The highest BCUT2D eigenvalue weighted by molar-refractivity contribution is 8.76. The molecule has 4 amide bonds. The average Bonchev–Trinajstić information content (AvgIpc) is 3.56. The van der Waals surface area contributed by atoms with Crippen molar-refractivity contribution in [1.82, 2.24) is 10.1 Å². The molecule has 1 atom stereocenters. The van der Waals surface area contributed by atoms with Gasteiger partial charge >= 0.3 is 0 Å². The number of rotatable bonds is 25. The first-order valence-corrected chi connectivity index (χ1v) is 22.7. The van der Waals surface area contributed by atoms with E-state index in [9.17, 15) is 19.2 Å². The Hall–Kier alpha value is -0.660. The molecule has 0 aromatic rings. The first-order chi connectivity index (χ1) is 24.2. The third-order valence-corrected chi connectivity index (χ3v) is 11.6. The number of hydroxylamine groups is 4. The van der Waals surface area contributed by atoms with Crippen molar-refractivity contribution in [2.75, 3.05) is 23.0 Å². The van der Waals surface area contributed by atoms with E-state index in [0.29, 0.717) is 0 Å². The lowest BCUT2D eigenvalue weighted by Crippen LogP contribution is -2.27. The lowest BCUT2D eigenvalue weighted by Gasteiger charge is -2.06. The minimum Gasteiger partial charge on any atom is -0.278 e. The van der Waals surface area contributed by atoms with Crippen LogP contribution in [0.3, 0.4) is 0 Å². The molecule has 1 saturated heterocycles. The van der Waals surface area contributed by atoms with Crippen LogP contribution in [0.1, 0.15) is 174 Å². The molecule has 0 bridgehead atoms. The highest BCUT2D eigenvalue weighted by atomic mass is 33.1. The van der Waals surface area contributed by atoms with Gasteiger partial charge in [-0.3, -0.25) is 29.6 Å². The lowest BCUT2D eigenvalue weighted by atomic mass is 10.2. The molecule has 0 aromatic carbocycles. The Morgan fingerprint density at radius 3 is 1.33 bits per heavy atom. The second-order valence-corrected chi connectivity index (χ2v) is 16.4. The first-order valence-electron chi connectivity index (χ1n) is 19.5. The van der Waals surface area contributed by atoms with Gasteiger partial charge in [0, 0.05) is 28.1 Å². The Kier molecular flexibility index (Phi) is 41.3. The Balaban J connectivity index is -0.000000191. The van der Waals surface area contributed by atoms with E-state index in [1.807, 2.05) is 0 Å². The molecular weight excluding hydrogens is 697 g/mol. The Morgan fingerprint density at radius 1 is 0.653 bits per heavy atom. The van der Waals surface area contributed by atoms with Gasteiger partial charge in [-0.15, -0.1) is 16.8 Å². The third-order valence-electron chi connectivity index (χ3n) is 7.44. The van der Waals surface area contributed by atoms with Crippen LogP contribution >= 0.6 is 46.0 Å². The van der Waals surface area contributed by atoms with E-state index in [2.05, 4.69) is 61.9 Å². The van der Waals surface area contributed by atoms with E-state index >= 15 is 0 Å². The van der Waals surface area contributed by atoms with Crippen molar-refractivity contribution in [3.63, 3.8) is 0 Å². The molecule has 0 radical (unpaired) electrons. The number of carbonyl (C=O) groups is 4. The SMILES string of the molecule is C.CCCCCCCS.CCCCCCCSC1CC(=O)N(O)C1=O.CCCCCCCSSCCCCCCC.O=C1C=CC(=O)N1O.[2H][3H].[3HH]. The molecule has 2 aliphatic heterocycles. The van der Waals surface area contributed by atoms with Crippen LogP contribution in [0, 0.1) is 0 Å². The third kappa shape index (κ3) is 33.0. The highest BCUT2D eigenvalue weighted by Crippen LogP contribution is 2.25. The summed E-state index contributed by atoms with van der Waals surface area (Å²) in [6.07, 6.45) is 29.1. The molecule has 294 valence electrons. The summed E-state index contributed by atoms with van der Waals surface area (Å²) in [5.74, 6) is 2.37. The van der Waals surface area contributed by atoms with Gasteiger partial charge in [0.2, 0.25) is 0 Å². The van der Waals surface area contributed by atoms with Gasteiger partial charge in [-0.25, -0.2) is 0 Å². The fourth-order valence-corrected chi connectivity index (χ4v) is 8.08. The van der Waals surface area contributed by atoms with Gasteiger partial charge in [0.25, 0.3) is 23.6 Å². The molecule has 49 heavy (non-hydrogen) atoms. The van der Waals surface area contributed by atoms with Crippen LogP contribution in [-0.2, 0) is 19.2 Å². The van der Waals surface area contributed by atoms with Crippen molar-refractivity contribution in [2.45, 2.75) is 175 Å². The summed E-state index contributed by atoms with van der Waals surface area (Å²) in [4.78, 5) is 42.6. The Labute approximate surface area is 322 Å². The number of unbranched alkanes of at least 4 members (excludes halogenated alkanes) is 16. The lowest BCUT2D eigenvalue weighted by molar-refractivity contribution is -0.171. The molecule has 2 heterocycles. The predicted molar refractivity (Wildman–Crippen MR) is 222 cm³/mol. The monoisotopic (exact) mass is 777 g/mol. The van der Waals surface area contributed by atoms with Gasteiger partial charge in [0.15, 0.2) is 0 Å². The molecule has 2 rings (SSSR count). The van der Waals surface area contributed by atoms with Crippen LogP contribution in [-0.4, -0.2) is 72.4 Å². The number of hydrogen-bond acceptors (Lipinski definition) is 10. The summed E-state index contributed by atoms with van der Waals surface area (Å²) >= 11 is 5.61. The summed E-state index contributed by atoms with van der Waals surface area (Å²) in [5.41, 5.74) is 0. The summed E-state index contributed by atoms with van der Waals surface area (Å²) < 4.78 is 10.0. The first kappa shape index (κ1) is 50.4. The predicted octanol–water partition coefficient (Wildman–Crippen LogP) is 11.8. The fourth-order valence-electron chi connectivity index (χ4n) is 4.41. The highest BCUT2D eigenvalue weighted by Gasteiger charge is 2.38. The van der Waals surface area contributed by atoms with E-state index in [0.717, 1.165) is 30.1 Å². The molecule has 0 saturated carbocycles. The van der Waals surface area contributed by atoms with Crippen LogP contribution in [0.4, 0.5) is 0 Å². The fraction of sp³-hybridized carbons (Fsp3) is 0.838. The van der Waals surface area contributed by atoms with Gasteiger partial charge in [0.05, 0.1) is 11.7 Å². The molecule has 0 aromatic heterocycles. The minimum atomic E-state index is -0.685. The van der Waals surface area contributed by atoms with E-state index < -0.39 is 23.6 Å². The van der Waals surface area contributed by atoms with Crippen molar-refractivity contribution in [3.05, 3.63) is 12.2 Å². The summed E-state index contributed by atoms with van der Waals surface area (Å²) in [6, 6.07) is 0. The maximum atomic E-state index is 11.3. The Morgan fingerprint density at radius 2 is 1.02 bits per heavy atom. The topological polar surface area (TPSA) is 115 Å². The van der Waals surface area contributed by atoms with E-state index in [1.165, 1.54) is 145 Å². The van der Waals surface area contributed by atoms with Crippen LogP contribution in [0.5, 0.6) is 0 Å². The molecular formula is C37H76N2O6S4. The average molecular weight is 778 g/mol. The van der Waals surface area contributed by atoms with Crippen LogP contribution in [0.2, 0.25) is 0 Å². The summed E-state index contributed by atoms with van der Waals surface area (Å²) in [5, 5.41) is 17.3. The summed E-state index contributed by atoms with van der Waals surface area (Å²) in [6.45, 7) is 8.97. The zero-order chi connectivity index (χ0) is 38.3.